The van der Waals surface area contributed by atoms with E-state index in [1.165, 1.54) is 0 Å². The minimum Gasteiger partial charge on any atom is -0.452 e. The highest BCUT2D eigenvalue weighted by molar-refractivity contribution is 6.05. The van der Waals surface area contributed by atoms with Crippen LogP contribution in [-0.4, -0.2) is 67.2 Å². The Bertz CT molecular complexity index is 801. The van der Waals surface area contributed by atoms with Crippen LogP contribution in [0.4, 0.5) is 11.4 Å². The molecule has 0 bridgehead atoms. The smallest absolute Gasteiger partial charge is 0.338 e. The molecule has 28 heavy (non-hydrogen) atoms. The minimum absolute atomic E-state index is 0.0397. The molecule has 0 spiro atoms. The van der Waals surface area contributed by atoms with Gasteiger partial charge in [-0.3, -0.25) is 9.59 Å². The second kappa shape index (κ2) is 7.43. The molecule has 4 rings (SSSR count). The predicted octanol–water partition coefficient (Wildman–Crippen LogP) is 1.40. The molecule has 2 amide bonds. The molecular formula is C20H25N3O5. The molecular weight excluding hydrogens is 362 g/mol. The fraction of sp³-hybridized carbons (Fsp3) is 0.550. The zero-order valence-electron chi connectivity index (χ0n) is 16.1. The molecule has 2 saturated heterocycles. The number of rotatable bonds is 3. The number of benzene rings is 1. The number of nitrogens with one attached hydrogen (secondary N) is 1. The van der Waals surface area contributed by atoms with Crippen LogP contribution in [0.5, 0.6) is 0 Å². The third-order valence-electron chi connectivity index (χ3n) is 5.45. The topological polar surface area (TPSA) is 88.2 Å². The van der Waals surface area contributed by atoms with Crippen molar-refractivity contribution in [2.45, 2.75) is 44.9 Å². The maximum absolute atomic E-state index is 12.4. The molecule has 1 aromatic carbocycles. The molecule has 0 unspecified atom stereocenters. The van der Waals surface area contributed by atoms with Crippen molar-refractivity contribution in [3.63, 3.8) is 0 Å². The molecule has 0 aromatic heterocycles. The van der Waals surface area contributed by atoms with E-state index in [1.54, 1.807) is 17.0 Å². The summed E-state index contributed by atoms with van der Waals surface area (Å²) < 4.78 is 10.8. The number of nitrogens with zero attached hydrogens (tertiary/aromatic N) is 2. The van der Waals surface area contributed by atoms with E-state index in [0.29, 0.717) is 24.3 Å². The Morgan fingerprint density at radius 2 is 2.00 bits per heavy atom. The van der Waals surface area contributed by atoms with Crippen molar-refractivity contribution < 1.29 is 23.9 Å². The van der Waals surface area contributed by atoms with Gasteiger partial charge in [-0.15, -0.1) is 0 Å². The number of carbonyl (C=O) groups excluding carboxylic acids is 3. The van der Waals surface area contributed by atoms with Crippen molar-refractivity contribution >= 4 is 29.2 Å². The molecule has 0 saturated carbocycles. The molecule has 3 aliphatic rings. The highest BCUT2D eigenvalue weighted by Crippen LogP contribution is 2.37. The SMILES string of the molecule is C[C@@H]1CN(C(=O)COC(=O)c2ccc3c(c2)NC(=O)[C@H]2CCCN32)C[C@H](C)O1. The van der Waals surface area contributed by atoms with Crippen LogP contribution in [0.25, 0.3) is 0 Å². The van der Waals surface area contributed by atoms with Crippen LogP contribution in [0.2, 0.25) is 0 Å². The van der Waals surface area contributed by atoms with E-state index in [2.05, 4.69) is 10.2 Å². The minimum atomic E-state index is -0.580. The predicted molar refractivity (Wildman–Crippen MR) is 102 cm³/mol. The van der Waals surface area contributed by atoms with Crippen LogP contribution in [0.1, 0.15) is 37.0 Å². The standard InChI is InChI=1S/C20H25N3O5/c1-12-9-22(10-13(2)28-12)18(24)11-27-20(26)14-5-6-16-15(8-14)21-19(25)17-4-3-7-23(16)17/h5-6,8,12-13,17H,3-4,7,9-11H2,1-2H3,(H,21,25)/t12-,13+,17-/m1/s1. The van der Waals surface area contributed by atoms with E-state index in [4.69, 9.17) is 9.47 Å². The number of hydrogen-bond donors (Lipinski definition) is 1. The number of amides is 2. The molecule has 1 aromatic rings. The van der Waals surface area contributed by atoms with Gasteiger partial charge in [-0.2, -0.15) is 0 Å². The summed E-state index contributed by atoms with van der Waals surface area (Å²) in [7, 11) is 0. The number of ether oxygens (including phenoxy) is 2. The van der Waals surface area contributed by atoms with Crippen molar-refractivity contribution in [2.75, 3.05) is 36.5 Å². The summed E-state index contributed by atoms with van der Waals surface area (Å²) in [5, 5.41) is 2.88. The summed E-state index contributed by atoms with van der Waals surface area (Å²) in [5.41, 5.74) is 1.85. The number of hydrogen-bond acceptors (Lipinski definition) is 6. The van der Waals surface area contributed by atoms with Gasteiger partial charge in [0.15, 0.2) is 6.61 Å². The van der Waals surface area contributed by atoms with Crippen LogP contribution in [-0.2, 0) is 19.1 Å². The number of anilines is 2. The summed E-state index contributed by atoms with van der Waals surface area (Å²) in [6.45, 7) is 5.32. The van der Waals surface area contributed by atoms with Gasteiger partial charge in [0.2, 0.25) is 5.91 Å². The largest absolute Gasteiger partial charge is 0.452 e. The van der Waals surface area contributed by atoms with E-state index >= 15 is 0 Å². The lowest BCUT2D eigenvalue weighted by Gasteiger charge is -2.35. The van der Waals surface area contributed by atoms with Crippen molar-refractivity contribution in [1.82, 2.24) is 4.90 Å². The molecule has 0 aliphatic carbocycles. The second-order valence-corrected chi connectivity index (χ2v) is 7.70. The van der Waals surface area contributed by atoms with Gasteiger partial charge in [-0.05, 0) is 44.9 Å². The van der Waals surface area contributed by atoms with Gasteiger partial charge in [0.05, 0.1) is 29.1 Å². The van der Waals surface area contributed by atoms with E-state index in [0.717, 1.165) is 25.1 Å². The molecule has 8 nitrogen and oxygen atoms in total. The zero-order chi connectivity index (χ0) is 19.8. The first kappa shape index (κ1) is 18.7. The molecule has 8 heteroatoms. The van der Waals surface area contributed by atoms with E-state index in [9.17, 15) is 14.4 Å². The Morgan fingerprint density at radius 1 is 1.25 bits per heavy atom. The summed E-state index contributed by atoms with van der Waals surface area (Å²) in [5.74, 6) is -0.855. The quantitative estimate of drug-likeness (QED) is 0.789. The molecule has 3 aliphatic heterocycles. The average Bonchev–Trinajstić information content (AvgIpc) is 3.15. The number of carbonyl (C=O) groups is 3. The van der Waals surface area contributed by atoms with Crippen LogP contribution in [0, 0.1) is 0 Å². The van der Waals surface area contributed by atoms with E-state index in [1.807, 2.05) is 19.9 Å². The summed E-state index contributed by atoms with van der Waals surface area (Å²) in [6.07, 6.45) is 1.74. The summed E-state index contributed by atoms with van der Waals surface area (Å²) in [6, 6.07) is 5.00. The van der Waals surface area contributed by atoms with Crippen LogP contribution >= 0.6 is 0 Å². The van der Waals surface area contributed by atoms with Crippen LogP contribution in [0.3, 0.4) is 0 Å². The molecule has 2 fully saturated rings. The summed E-state index contributed by atoms with van der Waals surface area (Å²) in [4.78, 5) is 40.7. The normalized spacial score (nSPS) is 26.4. The second-order valence-electron chi connectivity index (χ2n) is 7.70. The van der Waals surface area contributed by atoms with Gasteiger partial charge in [-0.25, -0.2) is 4.79 Å². The van der Waals surface area contributed by atoms with Gasteiger partial charge in [0.1, 0.15) is 6.04 Å². The third-order valence-corrected chi connectivity index (χ3v) is 5.45. The number of fused-ring (bicyclic) bond motifs is 3. The van der Waals surface area contributed by atoms with Crippen molar-refractivity contribution in [2.24, 2.45) is 0 Å². The lowest BCUT2D eigenvalue weighted by Crippen LogP contribution is -2.49. The highest BCUT2D eigenvalue weighted by atomic mass is 16.5. The fourth-order valence-electron chi connectivity index (χ4n) is 4.24. The molecule has 3 heterocycles. The molecule has 0 radical (unpaired) electrons. The first-order valence-corrected chi connectivity index (χ1v) is 9.74. The van der Waals surface area contributed by atoms with E-state index in [-0.39, 0.29) is 36.7 Å². The van der Waals surface area contributed by atoms with Crippen molar-refractivity contribution in [1.29, 1.82) is 0 Å². The van der Waals surface area contributed by atoms with E-state index < -0.39 is 5.97 Å². The number of morpholine rings is 1. The monoisotopic (exact) mass is 387 g/mol. The number of esters is 1. The average molecular weight is 387 g/mol. The van der Waals surface area contributed by atoms with Gasteiger partial charge in [0, 0.05) is 19.6 Å². The maximum Gasteiger partial charge on any atom is 0.338 e. The highest BCUT2D eigenvalue weighted by Gasteiger charge is 2.36. The lowest BCUT2D eigenvalue weighted by atomic mass is 10.1. The summed E-state index contributed by atoms with van der Waals surface area (Å²) >= 11 is 0. The lowest BCUT2D eigenvalue weighted by molar-refractivity contribution is -0.146. The Balaban J connectivity index is 1.40. The van der Waals surface area contributed by atoms with Gasteiger partial charge < -0.3 is 24.6 Å². The van der Waals surface area contributed by atoms with Crippen molar-refractivity contribution in [3.05, 3.63) is 23.8 Å². The maximum atomic E-state index is 12.4. The van der Waals surface area contributed by atoms with Gasteiger partial charge in [-0.1, -0.05) is 0 Å². The molecule has 3 atom stereocenters. The first-order valence-electron chi connectivity index (χ1n) is 9.74. The van der Waals surface area contributed by atoms with Gasteiger partial charge >= 0.3 is 5.97 Å². The van der Waals surface area contributed by atoms with Crippen molar-refractivity contribution in [3.8, 4) is 0 Å². The fourth-order valence-corrected chi connectivity index (χ4v) is 4.24. The molecule has 1 N–H and O–H groups in total. The Morgan fingerprint density at radius 3 is 2.75 bits per heavy atom. The molecule has 150 valence electrons. The Hall–Kier alpha value is -2.61. The first-order chi connectivity index (χ1) is 13.4. The zero-order valence-corrected chi connectivity index (χ0v) is 16.1. The Labute approximate surface area is 163 Å². The third kappa shape index (κ3) is 3.56. The Kier molecular flexibility index (Phi) is 4.97. The van der Waals surface area contributed by atoms with Crippen LogP contribution in [0.15, 0.2) is 18.2 Å². The van der Waals surface area contributed by atoms with Crippen LogP contribution < -0.4 is 10.2 Å². The van der Waals surface area contributed by atoms with Gasteiger partial charge in [0.25, 0.3) is 5.91 Å².